The van der Waals surface area contributed by atoms with Crippen LogP contribution in [-0.2, 0) is 4.79 Å². The van der Waals surface area contributed by atoms with E-state index in [1.807, 2.05) is 24.3 Å². The Hall–Kier alpha value is -2.09. The normalized spacial score (nSPS) is 10.6. The molecule has 25 heavy (non-hydrogen) atoms. The summed E-state index contributed by atoms with van der Waals surface area (Å²) in [5, 5.41) is 1.15. The van der Waals surface area contributed by atoms with Gasteiger partial charge in [0.15, 0.2) is 0 Å². The molecular weight excluding hydrogens is 383 g/mol. The summed E-state index contributed by atoms with van der Waals surface area (Å²) in [6, 6.07) is 13.6. The van der Waals surface area contributed by atoms with Crippen LogP contribution in [-0.4, -0.2) is 17.6 Å². The molecule has 8 heteroatoms. The number of amides is 2. The van der Waals surface area contributed by atoms with Crippen molar-refractivity contribution in [2.75, 3.05) is 5.75 Å². The minimum atomic E-state index is -0.490. The lowest BCUT2D eigenvalue weighted by Gasteiger charge is -2.07. The Balaban J connectivity index is 1.57. The van der Waals surface area contributed by atoms with E-state index in [0.717, 1.165) is 21.8 Å². The Morgan fingerprint density at radius 2 is 1.80 bits per heavy atom. The van der Waals surface area contributed by atoms with Crippen LogP contribution in [0.2, 0.25) is 5.02 Å². The van der Waals surface area contributed by atoms with Gasteiger partial charge in [0.2, 0.25) is 5.91 Å². The fraction of sp³-hybridized carbons (Fsp3) is 0.0588. The van der Waals surface area contributed by atoms with Crippen molar-refractivity contribution in [3.05, 3.63) is 64.2 Å². The van der Waals surface area contributed by atoms with Crippen molar-refractivity contribution in [1.82, 2.24) is 10.9 Å². The van der Waals surface area contributed by atoms with E-state index in [-0.39, 0.29) is 11.6 Å². The smallest absolute Gasteiger partial charge is 0.272 e. The highest BCUT2D eigenvalue weighted by atomic mass is 35.5. The Labute approximate surface area is 156 Å². The van der Waals surface area contributed by atoms with E-state index in [9.17, 15) is 14.0 Å². The van der Waals surface area contributed by atoms with Crippen LogP contribution >= 0.6 is 34.7 Å². The molecule has 0 aliphatic carbocycles. The van der Waals surface area contributed by atoms with E-state index in [2.05, 4.69) is 10.9 Å². The predicted octanol–water partition coefficient (Wildman–Crippen LogP) is 4.25. The first-order valence-corrected chi connectivity index (χ1v) is 9.38. The second-order valence-corrected chi connectivity index (χ2v) is 7.41. The standard InChI is InChI=1S/C17H12ClFN2O2S2/c18-15-10-5-1-3-7-12(10)25-16(15)17(23)21-20-14(22)9-24-13-8-4-2-6-11(13)19/h1-8H,9H2,(H,20,22)(H,21,23). The summed E-state index contributed by atoms with van der Waals surface area (Å²) in [6.45, 7) is 0. The van der Waals surface area contributed by atoms with Gasteiger partial charge in [0.05, 0.1) is 10.8 Å². The van der Waals surface area contributed by atoms with Crippen molar-refractivity contribution >= 4 is 56.6 Å². The third kappa shape index (κ3) is 4.12. The van der Waals surface area contributed by atoms with Gasteiger partial charge in [0.25, 0.3) is 5.91 Å². The fourth-order valence-electron chi connectivity index (χ4n) is 2.08. The molecule has 0 fully saturated rings. The number of fused-ring (bicyclic) bond motifs is 1. The van der Waals surface area contributed by atoms with Crippen LogP contribution < -0.4 is 10.9 Å². The maximum Gasteiger partial charge on any atom is 0.281 e. The van der Waals surface area contributed by atoms with E-state index in [1.54, 1.807) is 18.2 Å². The van der Waals surface area contributed by atoms with Gasteiger partial charge in [-0.15, -0.1) is 23.1 Å². The van der Waals surface area contributed by atoms with Crippen molar-refractivity contribution in [1.29, 1.82) is 0 Å². The van der Waals surface area contributed by atoms with Crippen molar-refractivity contribution in [3.63, 3.8) is 0 Å². The topological polar surface area (TPSA) is 58.2 Å². The number of benzene rings is 2. The SMILES string of the molecule is O=C(CSc1ccccc1F)NNC(=O)c1sc2ccccc2c1Cl. The highest BCUT2D eigenvalue weighted by molar-refractivity contribution is 8.00. The fourth-order valence-corrected chi connectivity index (χ4v) is 4.24. The van der Waals surface area contributed by atoms with Crippen LogP contribution in [0.4, 0.5) is 4.39 Å². The largest absolute Gasteiger partial charge is 0.281 e. The molecule has 0 aliphatic rings. The van der Waals surface area contributed by atoms with Gasteiger partial charge < -0.3 is 0 Å². The summed E-state index contributed by atoms with van der Waals surface area (Å²) < 4.78 is 14.4. The molecule has 1 aromatic heterocycles. The minimum Gasteiger partial charge on any atom is -0.272 e. The Kier molecular flexibility index (Phi) is 5.57. The molecular formula is C17H12ClFN2O2S2. The van der Waals surface area contributed by atoms with Crippen LogP contribution in [0.25, 0.3) is 10.1 Å². The summed E-state index contributed by atoms with van der Waals surface area (Å²) >= 11 is 8.51. The lowest BCUT2D eigenvalue weighted by atomic mass is 10.2. The van der Waals surface area contributed by atoms with E-state index in [0.29, 0.717) is 14.8 Å². The first-order valence-electron chi connectivity index (χ1n) is 7.20. The molecule has 0 spiro atoms. The third-order valence-electron chi connectivity index (χ3n) is 3.25. The number of thioether (sulfide) groups is 1. The highest BCUT2D eigenvalue weighted by Gasteiger charge is 2.17. The lowest BCUT2D eigenvalue weighted by Crippen LogP contribution is -2.42. The number of hydrazine groups is 1. The Morgan fingerprint density at radius 3 is 2.56 bits per heavy atom. The molecule has 3 aromatic rings. The number of nitrogens with one attached hydrogen (secondary N) is 2. The summed E-state index contributed by atoms with van der Waals surface area (Å²) in [6.07, 6.45) is 0. The lowest BCUT2D eigenvalue weighted by molar-refractivity contribution is -0.119. The highest BCUT2D eigenvalue weighted by Crippen LogP contribution is 2.34. The first-order chi connectivity index (χ1) is 12.1. The van der Waals surface area contributed by atoms with Crippen molar-refractivity contribution in [2.45, 2.75) is 4.90 Å². The van der Waals surface area contributed by atoms with E-state index in [4.69, 9.17) is 11.6 Å². The Bertz CT molecular complexity index is 945. The zero-order valence-corrected chi connectivity index (χ0v) is 15.1. The van der Waals surface area contributed by atoms with Crippen LogP contribution in [0.15, 0.2) is 53.4 Å². The van der Waals surface area contributed by atoms with Crippen LogP contribution in [0.5, 0.6) is 0 Å². The summed E-state index contributed by atoms with van der Waals surface area (Å²) in [5.74, 6) is -1.35. The number of carbonyl (C=O) groups is 2. The summed E-state index contributed by atoms with van der Waals surface area (Å²) in [7, 11) is 0. The van der Waals surface area contributed by atoms with E-state index >= 15 is 0 Å². The molecule has 0 atom stereocenters. The Morgan fingerprint density at radius 1 is 1.08 bits per heavy atom. The van der Waals surface area contributed by atoms with Gasteiger partial charge in [0, 0.05) is 15.0 Å². The first kappa shape index (κ1) is 17.7. The van der Waals surface area contributed by atoms with Crippen LogP contribution in [0, 0.1) is 5.82 Å². The van der Waals surface area contributed by atoms with Crippen LogP contribution in [0.1, 0.15) is 9.67 Å². The number of carbonyl (C=O) groups excluding carboxylic acids is 2. The number of thiophene rings is 1. The molecule has 0 bridgehead atoms. The molecule has 0 radical (unpaired) electrons. The molecule has 1 heterocycles. The molecule has 0 saturated heterocycles. The van der Waals surface area contributed by atoms with Crippen molar-refractivity contribution in [3.8, 4) is 0 Å². The van der Waals surface area contributed by atoms with Gasteiger partial charge in [-0.1, -0.05) is 41.9 Å². The molecule has 4 nitrogen and oxygen atoms in total. The average Bonchev–Trinajstić information content (AvgIpc) is 2.96. The van der Waals surface area contributed by atoms with Gasteiger partial charge in [-0.3, -0.25) is 20.4 Å². The van der Waals surface area contributed by atoms with Gasteiger partial charge in [-0.25, -0.2) is 4.39 Å². The molecule has 2 amide bonds. The van der Waals surface area contributed by atoms with E-state index in [1.165, 1.54) is 17.4 Å². The number of hydrogen-bond donors (Lipinski definition) is 2. The van der Waals surface area contributed by atoms with Crippen molar-refractivity contribution in [2.24, 2.45) is 0 Å². The van der Waals surface area contributed by atoms with Gasteiger partial charge in [-0.2, -0.15) is 0 Å². The molecule has 0 saturated carbocycles. The average molecular weight is 395 g/mol. The second kappa shape index (κ2) is 7.86. The van der Waals surface area contributed by atoms with Crippen molar-refractivity contribution < 1.29 is 14.0 Å². The quantitative estimate of drug-likeness (QED) is 0.514. The molecule has 0 unspecified atom stereocenters. The predicted molar refractivity (Wildman–Crippen MR) is 99.6 cm³/mol. The maximum absolute atomic E-state index is 13.5. The summed E-state index contributed by atoms with van der Waals surface area (Å²) in [4.78, 5) is 24.7. The zero-order chi connectivity index (χ0) is 17.8. The summed E-state index contributed by atoms with van der Waals surface area (Å²) in [5.41, 5.74) is 4.64. The molecule has 2 N–H and O–H groups in total. The number of halogens is 2. The van der Waals surface area contributed by atoms with Gasteiger partial charge in [0.1, 0.15) is 10.7 Å². The number of rotatable bonds is 4. The van der Waals surface area contributed by atoms with Crippen LogP contribution in [0.3, 0.4) is 0 Å². The maximum atomic E-state index is 13.5. The van der Waals surface area contributed by atoms with Gasteiger partial charge >= 0.3 is 0 Å². The van der Waals surface area contributed by atoms with E-state index < -0.39 is 11.8 Å². The minimum absolute atomic E-state index is 0.0264. The van der Waals surface area contributed by atoms with Gasteiger partial charge in [-0.05, 0) is 18.2 Å². The molecule has 128 valence electrons. The molecule has 3 rings (SSSR count). The second-order valence-electron chi connectivity index (χ2n) is 4.96. The molecule has 2 aromatic carbocycles. The monoisotopic (exact) mass is 394 g/mol. The zero-order valence-electron chi connectivity index (χ0n) is 12.7. The molecule has 0 aliphatic heterocycles. The third-order valence-corrected chi connectivity index (χ3v) is 5.97. The number of hydrogen-bond acceptors (Lipinski definition) is 4.